The molecule has 4 nitrogen and oxygen atoms in total. The number of carbonyl (C=O) groups is 2. The van der Waals surface area contributed by atoms with E-state index in [1.807, 2.05) is 37.3 Å². The summed E-state index contributed by atoms with van der Waals surface area (Å²) in [6, 6.07) is 8.44. The molecule has 21 heavy (non-hydrogen) atoms. The number of hydrogen-bond acceptors (Lipinski definition) is 2. The van der Waals surface area contributed by atoms with Gasteiger partial charge < -0.3 is 10.4 Å². The van der Waals surface area contributed by atoms with Gasteiger partial charge in [-0.2, -0.15) is 0 Å². The smallest absolute Gasteiger partial charge is 0.326 e. The molecule has 0 spiro atoms. The van der Waals surface area contributed by atoms with Crippen LogP contribution in [-0.4, -0.2) is 23.0 Å². The van der Waals surface area contributed by atoms with Crippen LogP contribution in [0, 0.1) is 11.3 Å². The van der Waals surface area contributed by atoms with E-state index in [1.54, 1.807) is 0 Å². The SMILES string of the molecule is CC(CC(=O)N[C@@H](Cc1ccccc1)C(=O)O)C(C)(C)C. The number of nitrogens with one attached hydrogen (secondary N) is 1. The van der Waals surface area contributed by atoms with Crippen molar-refractivity contribution in [2.45, 2.75) is 46.6 Å². The molecule has 1 rings (SSSR count). The van der Waals surface area contributed by atoms with Crippen LogP contribution >= 0.6 is 0 Å². The number of aliphatic carboxylic acids is 1. The van der Waals surface area contributed by atoms with Gasteiger partial charge in [0.2, 0.25) is 5.91 Å². The van der Waals surface area contributed by atoms with Crippen LogP contribution in [0.1, 0.15) is 39.7 Å². The highest BCUT2D eigenvalue weighted by Crippen LogP contribution is 2.27. The monoisotopic (exact) mass is 291 g/mol. The van der Waals surface area contributed by atoms with Gasteiger partial charge in [0.15, 0.2) is 0 Å². The molecule has 1 aromatic carbocycles. The number of benzene rings is 1. The van der Waals surface area contributed by atoms with E-state index in [9.17, 15) is 14.7 Å². The Morgan fingerprint density at radius 3 is 2.24 bits per heavy atom. The van der Waals surface area contributed by atoms with E-state index < -0.39 is 12.0 Å². The molecule has 0 aromatic heterocycles. The first-order chi connectivity index (χ1) is 9.70. The summed E-state index contributed by atoms with van der Waals surface area (Å²) in [7, 11) is 0. The first kappa shape index (κ1) is 17.2. The Balaban J connectivity index is 2.63. The van der Waals surface area contributed by atoms with E-state index >= 15 is 0 Å². The molecule has 0 aliphatic rings. The lowest BCUT2D eigenvalue weighted by Gasteiger charge is -2.27. The van der Waals surface area contributed by atoms with E-state index in [0.717, 1.165) is 5.56 Å². The lowest BCUT2D eigenvalue weighted by Crippen LogP contribution is -2.43. The van der Waals surface area contributed by atoms with Crippen molar-refractivity contribution in [2.24, 2.45) is 11.3 Å². The predicted molar refractivity (Wildman–Crippen MR) is 82.9 cm³/mol. The molecular weight excluding hydrogens is 266 g/mol. The molecule has 1 aromatic rings. The number of amides is 1. The van der Waals surface area contributed by atoms with Crippen LogP contribution in [0.2, 0.25) is 0 Å². The Morgan fingerprint density at radius 1 is 1.19 bits per heavy atom. The minimum Gasteiger partial charge on any atom is -0.480 e. The van der Waals surface area contributed by atoms with E-state index in [2.05, 4.69) is 26.1 Å². The molecule has 0 aliphatic carbocycles. The summed E-state index contributed by atoms with van der Waals surface area (Å²) in [4.78, 5) is 23.3. The minimum atomic E-state index is -1.00. The number of carboxylic acids is 1. The molecule has 2 N–H and O–H groups in total. The fourth-order valence-corrected chi connectivity index (χ4v) is 1.89. The van der Waals surface area contributed by atoms with Crippen molar-refractivity contribution in [2.75, 3.05) is 0 Å². The molecule has 116 valence electrons. The second-order valence-corrected chi connectivity index (χ2v) is 6.62. The van der Waals surface area contributed by atoms with Crippen LogP contribution in [0.4, 0.5) is 0 Å². The first-order valence-electron chi connectivity index (χ1n) is 7.26. The van der Waals surface area contributed by atoms with Gasteiger partial charge in [0.05, 0.1) is 0 Å². The molecule has 0 radical (unpaired) electrons. The zero-order valence-electron chi connectivity index (χ0n) is 13.2. The average molecular weight is 291 g/mol. The van der Waals surface area contributed by atoms with Gasteiger partial charge in [0.1, 0.15) is 6.04 Å². The zero-order chi connectivity index (χ0) is 16.0. The maximum Gasteiger partial charge on any atom is 0.326 e. The van der Waals surface area contributed by atoms with Crippen LogP contribution < -0.4 is 5.32 Å². The summed E-state index contributed by atoms with van der Waals surface area (Å²) in [5.74, 6) is -1.03. The summed E-state index contributed by atoms with van der Waals surface area (Å²) in [6.45, 7) is 8.23. The second-order valence-electron chi connectivity index (χ2n) is 6.62. The van der Waals surface area contributed by atoms with Crippen LogP contribution in [0.5, 0.6) is 0 Å². The van der Waals surface area contributed by atoms with Gasteiger partial charge in [0.25, 0.3) is 0 Å². The molecule has 0 aliphatic heterocycles. The van der Waals surface area contributed by atoms with E-state index in [-0.39, 0.29) is 17.2 Å². The minimum absolute atomic E-state index is 0.0233. The van der Waals surface area contributed by atoms with Crippen molar-refractivity contribution in [1.82, 2.24) is 5.32 Å². The number of carbonyl (C=O) groups excluding carboxylic acids is 1. The van der Waals surface area contributed by atoms with E-state index in [0.29, 0.717) is 12.8 Å². The normalized spacial score (nSPS) is 14.3. The standard InChI is InChI=1S/C17H25NO3/c1-12(17(2,3)4)10-15(19)18-14(16(20)21)11-13-8-6-5-7-9-13/h5-9,12,14H,10-11H2,1-4H3,(H,18,19)(H,20,21)/t12?,14-/m0/s1. The molecule has 1 unspecified atom stereocenters. The van der Waals surface area contributed by atoms with Gasteiger partial charge in [-0.15, -0.1) is 0 Å². The van der Waals surface area contributed by atoms with Crippen LogP contribution in [0.15, 0.2) is 30.3 Å². The van der Waals surface area contributed by atoms with Crippen LogP contribution in [-0.2, 0) is 16.0 Å². The van der Waals surface area contributed by atoms with Crippen molar-refractivity contribution in [3.8, 4) is 0 Å². The average Bonchev–Trinajstić information content (AvgIpc) is 2.37. The fourth-order valence-electron chi connectivity index (χ4n) is 1.89. The van der Waals surface area contributed by atoms with Gasteiger partial charge in [-0.25, -0.2) is 4.79 Å². The molecule has 1 amide bonds. The lowest BCUT2D eigenvalue weighted by atomic mass is 9.80. The second kappa shape index (κ2) is 7.25. The highest BCUT2D eigenvalue weighted by molar-refractivity contribution is 5.83. The van der Waals surface area contributed by atoms with Crippen molar-refractivity contribution in [3.05, 3.63) is 35.9 Å². The summed E-state index contributed by atoms with van der Waals surface area (Å²) < 4.78 is 0. The van der Waals surface area contributed by atoms with Crippen molar-refractivity contribution in [1.29, 1.82) is 0 Å². The third-order valence-electron chi connectivity index (χ3n) is 3.89. The summed E-state index contributed by atoms with van der Waals surface area (Å²) in [6.07, 6.45) is 0.633. The first-order valence-corrected chi connectivity index (χ1v) is 7.26. The van der Waals surface area contributed by atoms with Gasteiger partial charge in [0, 0.05) is 12.8 Å². The van der Waals surface area contributed by atoms with Gasteiger partial charge in [-0.1, -0.05) is 58.0 Å². The maximum atomic E-state index is 12.0. The Kier molecular flexibility index (Phi) is 5.94. The zero-order valence-corrected chi connectivity index (χ0v) is 13.2. The van der Waals surface area contributed by atoms with Crippen molar-refractivity contribution in [3.63, 3.8) is 0 Å². The molecule has 0 saturated heterocycles. The number of rotatable bonds is 6. The van der Waals surface area contributed by atoms with Gasteiger partial charge in [-0.3, -0.25) is 4.79 Å². The Hall–Kier alpha value is -1.84. The maximum absolute atomic E-state index is 12.0. The van der Waals surface area contributed by atoms with Crippen LogP contribution in [0.25, 0.3) is 0 Å². The Bertz CT molecular complexity index is 477. The Labute approximate surface area is 126 Å². The topological polar surface area (TPSA) is 66.4 Å². The largest absolute Gasteiger partial charge is 0.480 e. The van der Waals surface area contributed by atoms with Crippen molar-refractivity contribution >= 4 is 11.9 Å². The van der Waals surface area contributed by atoms with Crippen molar-refractivity contribution < 1.29 is 14.7 Å². The van der Waals surface area contributed by atoms with Gasteiger partial charge in [-0.05, 0) is 16.9 Å². The van der Waals surface area contributed by atoms with E-state index in [1.165, 1.54) is 0 Å². The number of carboxylic acid groups (broad SMARTS) is 1. The van der Waals surface area contributed by atoms with Gasteiger partial charge >= 0.3 is 5.97 Å². The third-order valence-corrected chi connectivity index (χ3v) is 3.89. The van der Waals surface area contributed by atoms with Crippen LogP contribution in [0.3, 0.4) is 0 Å². The molecule has 0 fully saturated rings. The van der Waals surface area contributed by atoms with E-state index in [4.69, 9.17) is 0 Å². The summed E-state index contributed by atoms with van der Waals surface area (Å²) in [5.41, 5.74) is 0.921. The summed E-state index contributed by atoms with van der Waals surface area (Å²) in [5, 5.41) is 11.9. The predicted octanol–water partition coefficient (Wildman–Crippen LogP) is 2.87. The molecule has 2 atom stereocenters. The lowest BCUT2D eigenvalue weighted by molar-refractivity contribution is -0.142. The third kappa shape index (κ3) is 5.98. The fraction of sp³-hybridized carbons (Fsp3) is 0.529. The molecular formula is C17H25NO3. The highest BCUT2D eigenvalue weighted by Gasteiger charge is 2.25. The molecule has 4 heteroatoms. The molecule has 0 heterocycles. The number of hydrogen-bond donors (Lipinski definition) is 2. The quantitative estimate of drug-likeness (QED) is 0.847. The highest BCUT2D eigenvalue weighted by atomic mass is 16.4. The summed E-state index contributed by atoms with van der Waals surface area (Å²) >= 11 is 0. The Morgan fingerprint density at radius 2 is 1.76 bits per heavy atom. The molecule has 0 bridgehead atoms. The molecule has 0 saturated carbocycles.